The van der Waals surface area contributed by atoms with Gasteiger partial charge in [0.15, 0.2) is 16.7 Å². The van der Waals surface area contributed by atoms with Gasteiger partial charge < -0.3 is 23.9 Å². The molecule has 1 aliphatic rings. The van der Waals surface area contributed by atoms with Crippen LogP contribution in [0, 0.1) is 0 Å². The molecule has 25 heavy (non-hydrogen) atoms. The van der Waals surface area contributed by atoms with Crippen LogP contribution in [0.25, 0.3) is 0 Å². The maximum Gasteiger partial charge on any atom is 0.287 e. The van der Waals surface area contributed by atoms with E-state index in [2.05, 4.69) is 15.5 Å². The van der Waals surface area contributed by atoms with E-state index in [-0.39, 0.29) is 24.1 Å². The number of ether oxygens (including phenoxy) is 1. The molecule has 2 aromatic rings. The van der Waals surface area contributed by atoms with Crippen molar-refractivity contribution >= 4 is 23.6 Å². The molecule has 2 aromatic heterocycles. The largest absolute Gasteiger partial charge is 0.459 e. The highest BCUT2D eigenvalue weighted by molar-refractivity contribution is 7.99. The average Bonchev–Trinajstić information content (AvgIpc) is 3.29. The van der Waals surface area contributed by atoms with E-state index in [4.69, 9.17) is 9.15 Å². The minimum atomic E-state index is -0.315. The van der Waals surface area contributed by atoms with E-state index in [0.29, 0.717) is 43.0 Å². The zero-order chi connectivity index (χ0) is 17.6. The molecule has 0 saturated carbocycles. The topological polar surface area (TPSA) is 102 Å². The van der Waals surface area contributed by atoms with Gasteiger partial charge in [0.2, 0.25) is 5.91 Å². The van der Waals surface area contributed by atoms with Gasteiger partial charge in [0.1, 0.15) is 0 Å². The Balaban J connectivity index is 1.50. The molecule has 3 rings (SSSR count). The van der Waals surface area contributed by atoms with Crippen molar-refractivity contribution in [1.82, 2.24) is 25.0 Å². The van der Waals surface area contributed by atoms with Crippen molar-refractivity contribution in [1.29, 1.82) is 0 Å². The molecular formula is C15H19N5O4S. The van der Waals surface area contributed by atoms with Gasteiger partial charge in [0, 0.05) is 20.1 Å². The van der Waals surface area contributed by atoms with Crippen molar-refractivity contribution in [2.45, 2.75) is 11.7 Å². The van der Waals surface area contributed by atoms with Crippen LogP contribution in [0.4, 0.5) is 0 Å². The monoisotopic (exact) mass is 365 g/mol. The van der Waals surface area contributed by atoms with Crippen LogP contribution in [0.1, 0.15) is 16.4 Å². The Kier molecular flexibility index (Phi) is 5.71. The van der Waals surface area contributed by atoms with Gasteiger partial charge in [-0.05, 0) is 12.1 Å². The number of thioether (sulfide) groups is 1. The summed E-state index contributed by atoms with van der Waals surface area (Å²) in [5.41, 5.74) is 0. The Morgan fingerprint density at radius 2 is 2.12 bits per heavy atom. The van der Waals surface area contributed by atoms with Gasteiger partial charge in [-0.15, -0.1) is 10.2 Å². The third-order valence-electron chi connectivity index (χ3n) is 3.77. The zero-order valence-corrected chi connectivity index (χ0v) is 14.6. The molecule has 0 radical (unpaired) electrons. The molecule has 1 N–H and O–H groups in total. The lowest BCUT2D eigenvalue weighted by molar-refractivity contribution is -0.132. The molecule has 0 spiro atoms. The Morgan fingerprint density at radius 1 is 1.32 bits per heavy atom. The van der Waals surface area contributed by atoms with Crippen LogP contribution in [0.3, 0.4) is 0 Å². The van der Waals surface area contributed by atoms with E-state index < -0.39 is 0 Å². The van der Waals surface area contributed by atoms with Crippen LogP contribution in [0.2, 0.25) is 0 Å². The van der Waals surface area contributed by atoms with Crippen LogP contribution >= 0.6 is 11.8 Å². The van der Waals surface area contributed by atoms with Gasteiger partial charge in [-0.1, -0.05) is 11.8 Å². The van der Waals surface area contributed by atoms with Crippen molar-refractivity contribution in [2.24, 2.45) is 7.05 Å². The summed E-state index contributed by atoms with van der Waals surface area (Å²) in [6.45, 7) is 2.64. The summed E-state index contributed by atoms with van der Waals surface area (Å²) in [6.07, 6.45) is 1.44. The molecule has 3 heterocycles. The first kappa shape index (κ1) is 17.5. The molecule has 2 amide bonds. The lowest BCUT2D eigenvalue weighted by Crippen LogP contribution is -2.41. The number of carbonyl (C=O) groups excluding carboxylic acids is 2. The fourth-order valence-electron chi connectivity index (χ4n) is 2.31. The van der Waals surface area contributed by atoms with Crippen LogP contribution in [0.15, 0.2) is 28.0 Å². The summed E-state index contributed by atoms with van der Waals surface area (Å²) in [6, 6.07) is 3.24. The molecule has 0 bridgehead atoms. The highest BCUT2D eigenvalue weighted by atomic mass is 32.2. The second-order valence-electron chi connectivity index (χ2n) is 5.40. The van der Waals surface area contributed by atoms with E-state index in [1.165, 1.54) is 18.0 Å². The van der Waals surface area contributed by atoms with Crippen molar-refractivity contribution in [3.8, 4) is 0 Å². The molecule has 9 nitrogen and oxygen atoms in total. The zero-order valence-electron chi connectivity index (χ0n) is 13.8. The molecule has 1 saturated heterocycles. The summed E-state index contributed by atoms with van der Waals surface area (Å²) >= 11 is 1.33. The fraction of sp³-hybridized carbons (Fsp3) is 0.467. The van der Waals surface area contributed by atoms with Crippen molar-refractivity contribution in [3.05, 3.63) is 30.0 Å². The van der Waals surface area contributed by atoms with E-state index in [0.717, 1.165) is 0 Å². The summed E-state index contributed by atoms with van der Waals surface area (Å²) in [7, 11) is 1.80. The molecule has 1 aliphatic heterocycles. The van der Waals surface area contributed by atoms with Gasteiger partial charge in [-0.25, -0.2) is 0 Å². The number of nitrogens with one attached hydrogen (secondary N) is 1. The first-order chi connectivity index (χ1) is 12.1. The van der Waals surface area contributed by atoms with Crippen LogP contribution in [0.5, 0.6) is 0 Å². The van der Waals surface area contributed by atoms with Gasteiger partial charge in [0.05, 0.1) is 31.8 Å². The molecule has 0 unspecified atom stereocenters. The third kappa shape index (κ3) is 4.40. The first-order valence-electron chi connectivity index (χ1n) is 7.83. The quantitative estimate of drug-likeness (QED) is 0.734. The normalized spacial score (nSPS) is 14.5. The number of nitrogens with zero attached hydrogens (tertiary/aromatic N) is 4. The molecule has 0 aromatic carbocycles. The number of carbonyl (C=O) groups is 2. The number of aromatic nitrogens is 3. The third-order valence-corrected chi connectivity index (χ3v) is 4.77. The van der Waals surface area contributed by atoms with E-state index in [1.54, 1.807) is 28.6 Å². The molecule has 10 heteroatoms. The Hall–Kier alpha value is -2.33. The second kappa shape index (κ2) is 8.17. The summed E-state index contributed by atoms with van der Waals surface area (Å²) in [4.78, 5) is 25.8. The van der Waals surface area contributed by atoms with E-state index >= 15 is 0 Å². The standard InChI is InChI=1S/C15H19N5O4S/c1-19-12(9-16-14(22)11-3-2-6-24-11)17-18-15(19)25-10-13(21)20-4-7-23-8-5-20/h2-3,6H,4-5,7-10H2,1H3,(H,16,22). The fourth-order valence-corrected chi connectivity index (χ4v) is 3.14. The van der Waals surface area contributed by atoms with Crippen LogP contribution in [-0.2, 0) is 23.1 Å². The summed E-state index contributed by atoms with van der Waals surface area (Å²) in [5, 5.41) is 11.5. The van der Waals surface area contributed by atoms with Crippen molar-refractivity contribution in [2.75, 3.05) is 32.1 Å². The number of hydrogen-bond acceptors (Lipinski definition) is 7. The summed E-state index contributed by atoms with van der Waals surface area (Å²) < 4.78 is 12.0. The molecule has 1 fully saturated rings. The molecule has 134 valence electrons. The lowest BCUT2D eigenvalue weighted by Gasteiger charge is -2.26. The maximum absolute atomic E-state index is 12.2. The SMILES string of the molecule is Cn1c(CNC(=O)c2ccco2)nnc1SCC(=O)N1CCOCC1. The maximum atomic E-state index is 12.2. The van der Waals surface area contributed by atoms with Gasteiger partial charge >= 0.3 is 0 Å². The van der Waals surface area contributed by atoms with Crippen molar-refractivity contribution in [3.63, 3.8) is 0 Å². The van der Waals surface area contributed by atoms with Gasteiger partial charge in [0.25, 0.3) is 5.91 Å². The van der Waals surface area contributed by atoms with Crippen molar-refractivity contribution < 1.29 is 18.7 Å². The second-order valence-corrected chi connectivity index (χ2v) is 6.34. The Bertz CT molecular complexity index is 724. The Labute approximate surface area is 148 Å². The highest BCUT2D eigenvalue weighted by Crippen LogP contribution is 2.16. The molecule has 0 atom stereocenters. The smallest absolute Gasteiger partial charge is 0.287 e. The minimum absolute atomic E-state index is 0.0592. The molecular weight excluding hydrogens is 346 g/mol. The minimum Gasteiger partial charge on any atom is -0.459 e. The number of morpholine rings is 1. The predicted octanol–water partition coefficient (Wildman–Crippen LogP) is 0.289. The summed E-state index contributed by atoms with van der Waals surface area (Å²) in [5.74, 6) is 0.882. The average molecular weight is 365 g/mol. The number of rotatable bonds is 6. The van der Waals surface area contributed by atoms with E-state index in [9.17, 15) is 9.59 Å². The van der Waals surface area contributed by atoms with Gasteiger partial charge in [-0.2, -0.15) is 0 Å². The lowest BCUT2D eigenvalue weighted by atomic mass is 10.4. The van der Waals surface area contributed by atoms with E-state index in [1.807, 2.05) is 0 Å². The molecule has 0 aliphatic carbocycles. The first-order valence-corrected chi connectivity index (χ1v) is 8.82. The Morgan fingerprint density at radius 3 is 2.84 bits per heavy atom. The predicted molar refractivity (Wildman–Crippen MR) is 89.0 cm³/mol. The van der Waals surface area contributed by atoms with Crippen LogP contribution < -0.4 is 5.32 Å². The number of amides is 2. The van der Waals surface area contributed by atoms with Gasteiger partial charge in [-0.3, -0.25) is 9.59 Å². The van der Waals surface area contributed by atoms with Crippen LogP contribution in [-0.4, -0.2) is 63.5 Å². The number of furan rings is 1. The number of hydrogen-bond donors (Lipinski definition) is 1. The highest BCUT2D eigenvalue weighted by Gasteiger charge is 2.19.